The highest BCUT2D eigenvalue weighted by Crippen LogP contribution is 2.07. The van der Waals surface area contributed by atoms with Crippen LogP contribution >= 0.6 is 0 Å². The SMILES string of the molecule is CC(C)(C)S(=O)N/N=C/c1ccccn1. The summed E-state index contributed by atoms with van der Waals surface area (Å²) in [7, 11) is -1.19. The molecule has 0 fully saturated rings. The van der Waals surface area contributed by atoms with Crippen molar-refractivity contribution in [3.05, 3.63) is 30.1 Å². The second-order valence-electron chi connectivity index (χ2n) is 3.99. The molecule has 4 nitrogen and oxygen atoms in total. The van der Waals surface area contributed by atoms with Gasteiger partial charge in [-0.1, -0.05) is 6.07 Å². The Morgan fingerprint density at radius 3 is 2.73 bits per heavy atom. The van der Waals surface area contributed by atoms with Crippen LogP contribution in [0, 0.1) is 0 Å². The van der Waals surface area contributed by atoms with E-state index >= 15 is 0 Å². The van der Waals surface area contributed by atoms with E-state index < -0.39 is 11.0 Å². The maximum Gasteiger partial charge on any atom is 0.138 e. The first-order valence-electron chi connectivity index (χ1n) is 4.62. The summed E-state index contributed by atoms with van der Waals surface area (Å²) >= 11 is 0. The van der Waals surface area contributed by atoms with Crippen LogP contribution in [0.15, 0.2) is 29.5 Å². The van der Waals surface area contributed by atoms with Gasteiger partial charge in [-0.05, 0) is 32.9 Å². The zero-order valence-corrected chi connectivity index (χ0v) is 9.91. The van der Waals surface area contributed by atoms with Crippen LogP contribution in [0.4, 0.5) is 0 Å². The van der Waals surface area contributed by atoms with Crippen molar-refractivity contribution in [2.24, 2.45) is 5.10 Å². The summed E-state index contributed by atoms with van der Waals surface area (Å²) in [6.45, 7) is 5.64. The zero-order valence-electron chi connectivity index (χ0n) is 9.10. The molecule has 1 N–H and O–H groups in total. The highest BCUT2D eigenvalue weighted by atomic mass is 32.2. The molecule has 1 aromatic heterocycles. The third kappa shape index (κ3) is 4.20. The topological polar surface area (TPSA) is 54.4 Å². The fraction of sp³-hybridized carbons (Fsp3) is 0.400. The summed E-state index contributed by atoms with van der Waals surface area (Å²) in [4.78, 5) is 6.62. The molecule has 1 unspecified atom stereocenters. The van der Waals surface area contributed by atoms with Gasteiger partial charge in [-0.3, -0.25) is 4.98 Å². The Hall–Kier alpha value is -1.23. The maximum absolute atomic E-state index is 11.5. The van der Waals surface area contributed by atoms with Gasteiger partial charge < -0.3 is 0 Å². The Labute approximate surface area is 92.4 Å². The summed E-state index contributed by atoms with van der Waals surface area (Å²) in [5.74, 6) is 0. The van der Waals surface area contributed by atoms with Gasteiger partial charge in [-0.25, -0.2) is 9.04 Å². The number of rotatable bonds is 3. The summed E-state index contributed by atoms with van der Waals surface area (Å²) in [6.07, 6.45) is 3.23. The Morgan fingerprint density at radius 1 is 1.47 bits per heavy atom. The molecular weight excluding hydrogens is 210 g/mol. The lowest BCUT2D eigenvalue weighted by atomic mass is 10.3. The highest BCUT2D eigenvalue weighted by Gasteiger charge is 2.18. The molecule has 0 aliphatic carbocycles. The fourth-order valence-corrected chi connectivity index (χ4v) is 1.15. The van der Waals surface area contributed by atoms with Crippen molar-refractivity contribution in [1.82, 2.24) is 9.82 Å². The minimum Gasteiger partial charge on any atom is -0.255 e. The molecule has 0 radical (unpaired) electrons. The predicted molar refractivity (Wildman–Crippen MR) is 62.9 cm³/mol. The molecule has 1 atom stereocenters. The third-order valence-corrected chi connectivity index (χ3v) is 2.96. The first-order valence-corrected chi connectivity index (χ1v) is 5.77. The van der Waals surface area contributed by atoms with Crippen molar-refractivity contribution in [3.8, 4) is 0 Å². The summed E-state index contributed by atoms with van der Waals surface area (Å²) < 4.78 is 11.2. The van der Waals surface area contributed by atoms with Gasteiger partial charge in [0.1, 0.15) is 11.0 Å². The van der Waals surface area contributed by atoms with E-state index in [1.807, 2.05) is 39.0 Å². The van der Waals surface area contributed by atoms with Gasteiger partial charge in [0.15, 0.2) is 0 Å². The first kappa shape index (κ1) is 11.8. The van der Waals surface area contributed by atoms with E-state index in [0.29, 0.717) is 0 Å². The van der Waals surface area contributed by atoms with E-state index in [1.165, 1.54) is 0 Å². The minimum absolute atomic E-state index is 0.318. The lowest BCUT2D eigenvalue weighted by Gasteiger charge is -2.15. The Morgan fingerprint density at radius 2 is 2.20 bits per heavy atom. The van der Waals surface area contributed by atoms with E-state index in [2.05, 4.69) is 14.9 Å². The monoisotopic (exact) mass is 225 g/mol. The predicted octanol–water partition coefficient (Wildman–Crippen LogP) is 1.47. The molecule has 0 saturated heterocycles. The van der Waals surface area contributed by atoms with Crippen LogP contribution in [0.5, 0.6) is 0 Å². The maximum atomic E-state index is 11.5. The first-order chi connectivity index (χ1) is 7.00. The molecule has 0 saturated carbocycles. The lowest BCUT2D eigenvalue weighted by molar-refractivity contribution is 0.638. The molecule has 0 bridgehead atoms. The van der Waals surface area contributed by atoms with Crippen molar-refractivity contribution in [2.45, 2.75) is 25.5 Å². The molecule has 15 heavy (non-hydrogen) atoms. The third-order valence-electron chi connectivity index (χ3n) is 1.58. The number of hydrazone groups is 1. The van der Waals surface area contributed by atoms with E-state index in [-0.39, 0.29) is 4.75 Å². The van der Waals surface area contributed by atoms with Crippen molar-refractivity contribution in [2.75, 3.05) is 0 Å². The molecule has 0 spiro atoms. The molecule has 82 valence electrons. The van der Waals surface area contributed by atoms with Crippen molar-refractivity contribution in [3.63, 3.8) is 0 Å². The molecule has 1 rings (SSSR count). The number of pyridine rings is 1. The van der Waals surface area contributed by atoms with E-state index in [4.69, 9.17) is 0 Å². The average molecular weight is 225 g/mol. The van der Waals surface area contributed by atoms with Crippen LogP contribution in [-0.4, -0.2) is 20.2 Å². The van der Waals surface area contributed by atoms with Gasteiger partial charge in [-0.2, -0.15) is 5.10 Å². The van der Waals surface area contributed by atoms with Crippen LogP contribution in [-0.2, 0) is 11.0 Å². The molecule has 5 heteroatoms. The van der Waals surface area contributed by atoms with Crippen molar-refractivity contribution in [1.29, 1.82) is 0 Å². The van der Waals surface area contributed by atoms with Gasteiger partial charge >= 0.3 is 0 Å². The molecule has 1 heterocycles. The van der Waals surface area contributed by atoms with Crippen molar-refractivity contribution < 1.29 is 4.21 Å². The number of hydrogen-bond donors (Lipinski definition) is 1. The highest BCUT2D eigenvalue weighted by molar-refractivity contribution is 7.84. The molecular formula is C10H15N3OS. The summed E-state index contributed by atoms with van der Waals surface area (Å²) in [5.41, 5.74) is 0.732. The summed E-state index contributed by atoms with van der Waals surface area (Å²) in [5, 5.41) is 3.87. The number of hydrogen-bond acceptors (Lipinski definition) is 3. The Balaban J connectivity index is 2.51. The second kappa shape index (κ2) is 5.02. The van der Waals surface area contributed by atoms with Crippen LogP contribution < -0.4 is 4.83 Å². The van der Waals surface area contributed by atoms with Gasteiger partial charge in [0, 0.05) is 6.20 Å². The normalized spacial score (nSPS) is 14.1. The van der Waals surface area contributed by atoms with Crippen LogP contribution in [0.2, 0.25) is 0 Å². The van der Waals surface area contributed by atoms with Gasteiger partial charge in [0.2, 0.25) is 0 Å². The van der Waals surface area contributed by atoms with Crippen LogP contribution in [0.25, 0.3) is 0 Å². The van der Waals surface area contributed by atoms with Gasteiger partial charge in [0.25, 0.3) is 0 Å². The standard InChI is InChI=1S/C10H15N3OS/c1-10(2,3)15(14)13-12-8-9-6-4-5-7-11-9/h4-8,13H,1-3H3/b12-8+. The quantitative estimate of drug-likeness (QED) is 0.625. The van der Waals surface area contributed by atoms with E-state index in [9.17, 15) is 4.21 Å². The van der Waals surface area contributed by atoms with Gasteiger partial charge in [-0.15, -0.1) is 0 Å². The molecule has 0 amide bonds. The summed E-state index contributed by atoms with van der Waals surface area (Å²) in [6, 6.07) is 5.53. The average Bonchev–Trinajstić information content (AvgIpc) is 2.18. The largest absolute Gasteiger partial charge is 0.255 e. The Kier molecular flexibility index (Phi) is 3.96. The number of nitrogens with one attached hydrogen (secondary N) is 1. The van der Waals surface area contributed by atoms with Crippen molar-refractivity contribution >= 4 is 17.2 Å². The van der Waals surface area contributed by atoms with E-state index in [0.717, 1.165) is 5.69 Å². The molecule has 0 aromatic carbocycles. The Bertz CT molecular complexity index is 357. The zero-order chi connectivity index (χ0) is 11.3. The lowest BCUT2D eigenvalue weighted by Crippen LogP contribution is -2.30. The van der Waals surface area contributed by atoms with Gasteiger partial charge in [0.05, 0.1) is 16.7 Å². The molecule has 0 aliphatic heterocycles. The molecule has 1 aromatic rings. The van der Waals surface area contributed by atoms with Crippen LogP contribution in [0.3, 0.4) is 0 Å². The number of aromatic nitrogens is 1. The second-order valence-corrected chi connectivity index (χ2v) is 5.93. The fourth-order valence-electron chi connectivity index (χ4n) is 0.730. The van der Waals surface area contributed by atoms with Crippen LogP contribution in [0.1, 0.15) is 26.5 Å². The smallest absolute Gasteiger partial charge is 0.138 e. The minimum atomic E-state index is -1.19. The molecule has 0 aliphatic rings. The van der Waals surface area contributed by atoms with E-state index in [1.54, 1.807) is 12.4 Å². The number of nitrogens with zero attached hydrogens (tertiary/aromatic N) is 2.